The zero-order chi connectivity index (χ0) is 15.0. The third kappa shape index (κ3) is 4.84. The number of hydrogen-bond acceptors (Lipinski definition) is 1. The minimum Gasteiger partial charge on any atom is -0.342 e. The highest BCUT2D eigenvalue weighted by molar-refractivity contribution is 5.74. The average molecular weight is 272 g/mol. The molecule has 1 N–H and O–H groups in total. The van der Waals surface area contributed by atoms with Crippen LogP contribution in [0, 0.1) is 19.7 Å². The van der Waals surface area contributed by atoms with E-state index in [0.717, 1.165) is 22.4 Å². The van der Waals surface area contributed by atoms with Gasteiger partial charge in [0, 0.05) is 0 Å². The van der Waals surface area contributed by atoms with Crippen molar-refractivity contribution >= 4 is 11.0 Å². The van der Waals surface area contributed by atoms with Gasteiger partial charge in [0.05, 0.1) is 11.0 Å². The van der Waals surface area contributed by atoms with E-state index in [1.807, 2.05) is 52.0 Å². The predicted octanol–water partition coefficient (Wildman–Crippen LogP) is 5.03. The first-order valence-electron chi connectivity index (χ1n) is 6.78. The van der Waals surface area contributed by atoms with Crippen LogP contribution in [0.25, 0.3) is 11.0 Å². The van der Waals surface area contributed by atoms with Crippen molar-refractivity contribution in [3.63, 3.8) is 0 Å². The fourth-order valence-corrected chi connectivity index (χ4v) is 1.61. The lowest BCUT2D eigenvalue weighted by Gasteiger charge is -1.87. The van der Waals surface area contributed by atoms with Crippen LogP contribution in [0.1, 0.15) is 25.2 Å². The van der Waals surface area contributed by atoms with Crippen molar-refractivity contribution in [3.8, 4) is 0 Å². The van der Waals surface area contributed by atoms with Gasteiger partial charge in [0.1, 0.15) is 11.6 Å². The maximum Gasteiger partial charge on any atom is 0.123 e. The van der Waals surface area contributed by atoms with Gasteiger partial charge in [0.2, 0.25) is 0 Å². The Bertz CT molecular complexity index is 573. The van der Waals surface area contributed by atoms with Crippen molar-refractivity contribution in [3.05, 3.63) is 65.7 Å². The number of benzene rings is 2. The summed E-state index contributed by atoms with van der Waals surface area (Å²) in [5.41, 5.74) is 3.24. The van der Waals surface area contributed by atoms with Crippen molar-refractivity contribution in [2.45, 2.75) is 27.7 Å². The number of aryl methyl sites for hydroxylation is 2. The third-order valence-electron chi connectivity index (χ3n) is 2.52. The van der Waals surface area contributed by atoms with E-state index >= 15 is 0 Å². The second kappa shape index (κ2) is 8.10. The maximum absolute atomic E-state index is 12.1. The summed E-state index contributed by atoms with van der Waals surface area (Å²) >= 11 is 0. The number of halogens is 1. The molecule has 0 spiro atoms. The van der Waals surface area contributed by atoms with E-state index in [9.17, 15) is 4.39 Å². The first-order chi connectivity index (χ1) is 9.65. The lowest BCUT2D eigenvalue weighted by atomic mass is 10.2. The van der Waals surface area contributed by atoms with Crippen molar-refractivity contribution < 1.29 is 4.39 Å². The molecule has 3 rings (SSSR count). The Labute approximate surface area is 119 Å². The zero-order valence-corrected chi connectivity index (χ0v) is 12.4. The van der Waals surface area contributed by atoms with Crippen LogP contribution in [-0.4, -0.2) is 9.97 Å². The highest BCUT2D eigenvalue weighted by Gasteiger charge is 1.94. The Morgan fingerprint density at radius 2 is 1.50 bits per heavy atom. The second-order valence-electron chi connectivity index (χ2n) is 4.13. The summed E-state index contributed by atoms with van der Waals surface area (Å²) in [6, 6.07) is 14.4. The van der Waals surface area contributed by atoms with Gasteiger partial charge in [-0.2, -0.15) is 0 Å². The molecule has 20 heavy (non-hydrogen) atoms. The molecular formula is C17H21FN2. The first kappa shape index (κ1) is 15.9. The summed E-state index contributed by atoms with van der Waals surface area (Å²) in [5, 5.41) is 0. The average Bonchev–Trinajstić information content (AvgIpc) is 2.85. The van der Waals surface area contributed by atoms with E-state index in [1.165, 1.54) is 12.1 Å². The molecule has 0 amide bonds. The van der Waals surface area contributed by atoms with Crippen LogP contribution >= 0.6 is 0 Å². The van der Waals surface area contributed by atoms with Gasteiger partial charge in [0.25, 0.3) is 0 Å². The Balaban J connectivity index is 0.000000182. The molecule has 0 aliphatic carbocycles. The number of rotatable bonds is 0. The molecule has 1 aromatic heterocycles. The third-order valence-corrected chi connectivity index (χ3v) is 2.52. The van der Waals surface area contributed by atoms with Crippen LogP contribution in [0.15, 0.2) is 48.5 Å². The largest absolute Gasteiger partial charge is 0.342 e. The number of aromatic amines is 1. The number of H-pyrrole nitrogens is 1. The van der Waals surface area contributed by atoms with Gasteiger partial charge in [-0.3, -0.25) is 0 Å². The summed E-state index contributed by atoms with van der Waals surface area (Å²) in [6.07, 6.45) is 0. The van der Waals surface area contributed by atoms with E-state index in [1.54, 1.807) is 12.1 Å². The highest BCUT2D eigenvalue weighted by Crippen LogP contribution is 2.08. The summed E-state index contributed by atoms with van der Waals surface area (Å²) in [5.74, 6) is 0.803. The Kier molecular flexibility index (Phi) is 6.44. The lowest BCUT2D eigenvalue weighted by Crippen LogP contribution is -1.71. The van der Waals surface area contributed by atoms with Crippen molar-refractivity contribution in [1.82, 2.24) is 9.97 Å². The number of nitrogens with zero attached hydrogens (tertiary/aromatic N) is 1. The minimum atomic E-state index is -0.171. The molecule has 0 atom stereocenters. The maximum atomic E-state index is 12.1. The summed E-state index contributed by atoms with van der Waals surface area (Å²) in [4.78, 5) is 7.40. The molecule has 0 radical (unpaired) electrons. The smallest absolute Gasteiger partial charge is 0.123 e. The fourth-order valence-electron chi connectivity index (χ4n) is 1.61. The van der Waals surface area contributed by atoms with Crippen molar-refractivity contribution in [2.24, 2.45) is 0 Å². The van der Waals surface area contributed by atoms with Crippen LogP contribution < -0.4 is 0 Å². The molecular weight excluding hydrogens is 251 g/mol. The highest BCUT2D eigenvalue weighted by atomic mass is 19.1. The van der Waals surface area contributed by atoms with E-state index in [4.69, 9.17) is 0 Å². The molecule has 2 aromatic carbocycles. The fraction of sp³-hybridized carbons (Fsp3) is 0.235. The van der Waals surface area contributed by atoms with Crippen LogP contribution in [0.4, 0.5) is 4.39 Å². The van der Waals surface area contributed by atoms with Gasteiger partial charge in [-0.05, 0) is 38.1 Å². The lowest BCUT2D eigenvalue weighted by molar-refractivity contribution is 0.627. The molecule has 3 aromatic rings. The van der Waals surface area contributed by atoms with Crippen LogP contribution in [-0.2, 0) is 0 Å². The molecule has 3 heteroatoms. The number of para-hydroxylation sites is 2. The monoisotopic (exact) mass is 272 g/mol. The molecule has 0 saturated carbocycles. The Hall–Kier alpha value is -2.16. The Morgan fingerprint density at radius 1 is 0.900 bits per heavy atom. The SMILES string of the molecule is CC.Cc1ccc(F)cc1.Cc1nc2ccccc2[nH]1. The standard InChI is InChI=1S/C8H8N2.C7H7F.C2H6/c1-6-9-7-4-2-3-5-8(7)10-6;1-6-2-4-7(8)5-3-6;1-2/h2-5H,1H3,(H,9,10);2-5H,1H3;1-2H3. The van der Waals surface area contributed by atoms with Crippen molar-refractivity contribution in [2.75, 3.05) is 0 Å². The van der Waals surface area contributed by atoms with Gasteiger partial charge in [-0.25, -0.2) is 9.37 Å². The predicted molar refractivity (Wildman–Crippen MR) is 83.3 cm³/mol. The van der Waals surface area contributed by atoms with Gasteiger partial charge in [-0.15, -0.1) is 0 Å². The minimum absolute atomic E-state index is 0.171. The van der Waals surface area contributed by atoms with Crippen molar-refractivity contribution in [1.29, 1.82) is 0 Å². The molecule has 0 bridgehead atoms. The zero-order valence-electron chi connectivity index (χ0n) is 12.4. The van der Waals surface area contributed by atoms with E-state index in [0.29, 0.717) is 0 Å². The molecule has 0 saturated heterocycles. The molecule has 0 unspecified atom stereocenters. The second-order valence-corrected chi connectivity index (χ2v) is 4.13. The van der Waals surface area contributed by atoms with E-state index < -0.39 is 0 Å². The Morgan fingerprint density at radius 3 is 2.05 bits per heavy atom. The normalized spacial score (nSPS) is 9.25. The molecule has 0 aliphatic heterocycles. The number of hydrogen-bond donors (Lipinski definition) is 1. The van der Waals surface area contributed by atoms with Crippen LogP contribution in [0.3, 0.4) is 0 Å². The van der Waals surface area contributed by atoms with Crippen LogP contribution in [0.5, 0.6) is 0 Å². The van der Waals surface area contributed by atoms with E-state index in [-0.39, 0.29) is 5.82 Å². The summed E-state index contributed by atoms with van der Waals surface area (Å²) in [6.45, 7) is 7.89. The quantitative estimate of drug-likeness (QED) is 0.610. The molecule has 2 nitrogen and oxygen atoms in total. The number of imidazole rings is 1. The van der Waals surface area contributed by atoms with Gasteiger partial charge in [-0.1, -0.05) is 43.7 Å². The number of aromatic nitrogens is 2. The van der Waals surface area contributed by atoms with E-state index in [2.05, 4.69) is 9.97 Å². The summed E-state index contributed by atoms with van der Waals surface area (Å²) in [7, 11) is 0. The number of nitrogens with one attached hydrogen (secondary N) is 1. The first-order valence-corrected chi connectivity index (χ1v) is 6.78. The molecule has 0 aliphatic rings. The molecule has 106 valence electrons. The molecule has 1 heterocycles. The van der Waals surface area contributed by atoms with Gasteiger partial charge < -0.3 is 4.98 Å². The van der Waals surface area contributed by atoms with Gasteiger partial charge in [0.15, 0.2) is 0 Å². The number of fused-ring (bicyclic) bond motifs is 1. The van der Waals surface area contributed by atoms with Crippen LogP contribution in [0.2, 0.25) is 0 Å². The molecule has 0 fully saturated rings. The topological polar surface area (TPSA) is 28.7 Å². The summed E-state index contributed by atoms with van der Waals surface area (Å²) < 4.78 is 12.1. The van der Waals surface area contributed by atoms with Gasteiger partial charge >= 0.3 is 0 Å².